The second-order valence-corrected chi connectivity index (χ2v) is 5.58. The van der Waals surface area contributed by atoms with Crippen LogP contribution in [0.5, 0.6) is 11.5 Å². The van der Waals surface area contributed by atoms with Crippen LogP contribution in [0.4, 0.5) is 5.69 Å². The third-order valence-corrected chi connectivity index (χ3v) is 3.80. The Labute approximate surface area is 169 Å². The minimum atomic E-state index is -0.730. The molecular weight excluding hydrogens is 326 g/mol. The summed E-state index contributed by atoms with van der Waals surface area (Å²) in [7, 11) is 35.6. The van der Waals surface area contributed by atoms with Gasteiger partial charge in [0.1, 0.15) is 11.5 Å². The number of anilines is 1. The van der Waals surface area contributed by atoms with Gasteiger partial charge in [-0.15, -0.1) is 10.9 Å². The quantitative estimate of drug-likeness (QED) is 0.530. The van der Waals surface area contributed by atoms with Gasteiger partial charge in [0.25, 0.3) is 5.91 Å². The van der Waals surface area contributed by atoms with E-state index >= 15 is 0 Å². The fraction of sp³-hybridized carbons (Fsp3) is 0. The van der Waals surface area contributed by atoms with E-state index in [1.54, 1.807) is 18.2 Å². The van der Waals surface area contributed by atoms with Crippen molar-refractivity contribution >= 4 is 96.7 Å². The Bertz CT molecular complexity index is 806. The number of benzene rings is 2. The topological polar surface area (TPSA) is 47.6 Å². The summed E-state index contributed by atoms with van der Waals surface area (Å²) >= 11 is 0. The molecule has 27 heavy (non-hydrogen) atoms. The second-order valence-electron chi connectivity index (χ2n) is 5.58. The van der Waals surface area contributed by atoms with E-state index in [0.29, 0.717) is 22.2 Å². The van der Waals surface area contributed by atoms with Crippen LogP contribution in [0, 0.1) is 0 Å². The van der Waals surface area contributed by atoms with Crippen molar-refractivity contribution in [2.24, 2.45) is 0 Å². The Morgan fingerprint density at radius 1 is 1.00 bits per heavy atom. The molecule has 112 valence electrons. The summed E-state index contributed by atoms with van der Waals surface area (Å²) in [5.41, 5.74) is 2.02. The maximum atomic E-state index is 12.5. The lowest BCUT2D eigenvalue weighted by Gasteiger charge is -2.19. The molecule has 0 aliphatic rings. The van der Waals surface area contributed by atoms with Gasteiger partial charge in [0, 0.05) is 49.3 Å². The van der Waals surface area contributed by atoms with Crippen LogP contribution in [-0.2, 0) is 0 Å². The summed E-state index contributed by atoms with van der Waals surface area (Å²) in [5, 5.41) is 2.75. The first-order valence-corrected chi connectivity index (χ1v) is 7.89. The van der Waals surface area contributed by atoms with E-state index in [9.17, 15) is 4.79 Å². The van der Waals surface area contributed by atoms with E-state index in [1.807, 2.05) is 0 Å². The lowest BCUT2D eigenvalue weighted by molar-refractivity contribution is 0.102. The van der Waals surface area contributed by atoms with Crippen molar-refractivity contribution in [3.8, 4) is 11.5 Å². The molecule has 0 aromatic heterocycles. The average molecular weight is 333 g/mol. The molecule has 0 saturated heterocycles. The minimum absolute atomic E-state index is 0.192. The maximum absolute atomic E-state index is 12.5. The molecule has 0 fully saturated rings. The largest absolute Gasteiger partial charge is 0.572 e. The zero-order chi connectivity index (χ0) is 20.0. The van der Waals surface area contributed by atoms with Crippen molar-refractivity contribution in [3.63, 3.8) is 0 Å². The lowest BCUT2D eigenvalue weighted by atomic mass is 9.01. The van der Waals surface area contributed by atoms with E-state index in [0.717, 1.165) is 7.37 Å². The number of carbonyl (C=O) groups is 1. The molecule has 2 aromatic carbocycles. The molecular formula is C13H7B10NO3. The van der Waals surface area contributed by atoms with Gasteiger partial charge in [0.2, 0.25) is 0 Å². The normalized spacial score (nSPS) is 9.78. The van der Waals surface area contributed by atoms with Crippen molar-refractivity contribution in [2.75, 3.05) is 5.32 Å². The van der Waals surface area contributed by atoms with Crippen LogP contribution in [0.15, 0.2) is 36.4 Å². The molecule has 14 heteroatoms. The number of hydrogen-bond donors (Lipinski definition) is 1. The molecule has 0 unspecified atom stereocenters. The fourth-order valence-electron chi connectivity index (χ4n) is 2.46. The van der Waals surface area contributed by atoms with Gasteiger partial charge < -0.3 is 14.6 Å². The van der Waals surface area contributed by atoms with Gasteiger partial charge in [0.05, 0.1) is 20.7 Å². The summed E-state index contributed by atoms with van der Waals surface area (Å²) in [5.74, 6) is 0.0142. The molecule has 4 nitrogen and oxygen atoms in total. The molecule has 0 aliphatic carbocycles. The smallest absolute Gasteiger partial charge is 0.374 e. The van der Waals surface area contributed by atoms with Crippen molar-refractivity contribution in [1.29, 1.82) is 0 Å². The number of rotatable bonds is 8. The summed E-state index contributed by atoms with van der Waals surface area (Å²) in [6.07, 6.45) is 0. The Balaban J connectivity index is 2.28. The zero-order valence-corrected chi connectivity index (χ0v) is 14.5. The monoisotopic (exact) mass is 335 g/mol. The van der Waals surface area contributed by atoms with Crippen LogP contribution in [0.2, 0.25) is 0 Å². The van der Waals surface area contributed by atoms with E-state index in [4.69, 9.17) is 51.4 Å². The molecule has 2 aromatic rings. The first-order chi connectivity index (χ1) is 12.9. The average Bonchev–Trinajstić information content (AvgIpc) is 2.67. The van der Waals surface area contributed by atoms with Crippen LogP contribution < -0.4 is 25.6 Å². The molecule has 1 N–H and O–H groups in total. The minimum Gasteiger partial charge on any atom is -0.572 e. The van der Waals surface area contributed by atoms with Gasteiger partial charge in [-0.1, -0.05) is 6.07 Å². The van der Waals surface area contributed by atoms with Crippen LogP contribution >= 0.6 is 0 Å². The maximum Gasteiger partial charge on any atom is 0.374 e. The van der Waals surface area contributed by atoms with Gasteiger partial charge in [-0.3, -0.25) is 4.79 Å². The summed E-state index contributed by atoms with van der Waals surface area (Å²) in [6, 6.07) is 9.44. The van der Waals surface area contributed by atoms with E-state index in [2.05, 4.69) is 9.97 Å². The Morgan fingerprint density at radius 2 is 1.74 bits per heavy atom. The van der Waals surface area contributed by atoms with Crippen molar-refractivity contribution in [3.05, 3.63) is 42.0 Å². The fourth-order valence-corrected chi connectivity index (χ4v) is 2.46. The van der Waals surface area contributed by atoms with E-state index in [-0.39, 0.29) is 11.5 Å². The highest BCUT2D eigenvalue weighted by atomic mass is 16.5. The lowest BCUT2D eigenvalue weighted by Crippen LogP contribution is -2.53. The van der Waals surface area contributed by atoms with Gasteiger partial charge >= 0.3 is 15.4 Å². The molecule has 0 spiro atoms. The van der Waals surface area contributed by atoms with Crippen LogP contribution in [-0.4, -0.2) is 80.1 Å². The molecule has 0 bridgehead atoms. The van der Waals surface area contributed by atoms with E-state index < -0.39 is 18.9 Å². The first-order valence-electron chi connectivity index (χ1n) is 7.89. The molecule has 1 amide bonds. The third kappa shape index (κ3) is 5.33. The number of nitrogens with one attached hydrogen (secondary N) is 1. The second kappa shape index (κ2) is 9.91. The predicted octanol–water partition coefficient (Wildman–Crippen LogP) is -2.83. The Kier molecular flexibility index (Phi) is 7.88. The Hall–Kier alpha value is -1.84. The van der Waals surface area contributed by atoms with Crippen LogP contribution in [0.3, 0.4) is 0 Å². The van der Waals surface area contributed by atoms with Crippen LogP contribution in [0.25, 0.3) is 0 Å². The molecule has 0 atom stereocenters. The SMILES string of the molecule is [B][B]Oc1cc(C(=O)Nc2ccc(B([B])[B])c(B([B])[B][B])c2)ccc1O[B]. The number of hydrogen-bond acceptors (Lipinski definition) is 3. The summed E-state index contributed by atoms with van der Waals surface area (Å²) in [4.78, 5) is 12.5. The predicted molar refractivity (Wildman–Crippen MR) is 119 cm³/mol. The van der Waals surface area contributed by atoms with Crippen molar-refractivity contribution in [2.45, 2.75) is 0 Å². The zero-order valence-electron chi connectivity index (χ0n) is 14.5. The van der Waals surface area contributed by atoms with Crippen LogP contribution in [0.1, 0.15) is 10.4 Å². The summed E-state index contributed by atoms with van der Waals surface area (Å²) < 4.78 is 9.74. The Morgan fingerprint density at radius 3 is 2.33 bits per heavy atom. The molecule has 0 heterocycles. The highest BCUT2D eigenvalue weighted by molar-refractivity contribution is 7.51. The number of carbonyl (C=O) groups excluding carboxylic acids is 1. The third-order valence-electron chi connectivity index (χ3n) is 3.80. The molecule has 2 rings (SSSR count). The molecule has 0 aliphatic heterocycles. The van der Waals surface area contributed by atoms with Crippen molar-refractivity contribution in [1.82, 2.24) is 0 Å². The highest BCUT2D eigenvalue weighted by Crippen LogP contribution is 2.27. The first kappa shape index (κ1) is 21.5. The van der Waals surface area contributed by atoms with Gasteiger partial charge in [-0.25, -0.2) is 0 Å². The highest BCUT2D eigenvalue weighted by Gasteiger charge is 2.16. The standard InChI is InChI=1S/C13H7B10NO3/c14-20-23(18)10-6-8(2-3-9(10)22(16)17)24-13(25)7-1-4-11(26-19)12(5-7)27-21-15/h1-6H,(H,24,25). The summed E-state index contributed by atoms with van der Waals surface area (Å²) in [6.45, 7) is -1.32. The molecule has 0 saturated carbocycles. The molecule has 14 radical (unpaired) electrons. The van der Waals surface area contributed by atoms with Crippen molar-refractivity contribution < 1.29 is 14.1 Å². The van der Waals surface area contributed by atoms with Gasteiger partial charge in [0.15, 0.2) is 0 Å². The van der Waals surface area contributed by atoms with Gasteiger partial charge in [-0.05, 0) is 30.3 Å². The van der Waals surface area contributed by atoms with Gasteiger partial charge in [-0.2, -0.15) is 0 Å². The number of amides is 1. The van der Waals surface area contributed by atoms with E-state index in [1.165, 1.54) is 25.3 Å².